The summed E-state index contributed by atoms with van der Waals surface area (Å²) >= 11 is 1.45. The minimum atomic E-state index is -0.959. The van der Waals surface area contributed by atoms with Crippen molar-refractivity contribution >= 4 is 70.0 Å². The smallest absolute Gasteiger partial charge is 0.312 e. The summed E-state index contributed by atoms with van der Waals surface area (Å²) in [6, 6.07) is 5.19. The van der Waals surface area contributed by atoms with Crippen LogP contribution in [0.15, 0.2) is 48.0 Å². The number of Topliss-reactive ketones (excluding diaryl/α,β-unsaturated/α-hetero) is 4. The van der Waals surface area contributed by atoms with Crippen molar-refractivity contribution in [2.45, 2.75) is 193 Å². The van der Waals surface area contributed by atoms with Crippen LogP contribution in [0.5, 0.6) is 0 Å². The molecule has 4 aliphatic rings. The van der Waals surface area contributed by atoms with Crippen LogP contribution in [0.4, 0.5) is 4.79 Å². The molecular formula is C66H98N8O13S. The summed E-state index contributed by atoms with van der Waals surface area (Å²) in [5.41, 5.74) is 6.86. The van der Waals surface area contributed by atoms with E-state index in [1.54, 1.807) is 32.4 Å². The third kappa shape index (κ3) is 19.5. The average molecular weight is 1240 g/mol. The predicted octanol–water partition coefficient (Wildman–Crippen LogP) is 6.33. The Morgan fingerprint density at radius 3 is 2.20 bits per heavy atom. The van der Waals surface area contributed by atoms with Crippen molar-refractivity contribution in [1.82, 2.24) is 35.6 Å². The molecule has 21 nitrogen and oxygen atoms in total. The van der Waals surface area contributed by atoms with E-state index in [4.69, 9.17) is 19.9 Å². The van der Waals surface area contributed by atoms with Gasteiger partial charge in [0.2, 0.25) is 17.7 Å². The number of fused-ring (bicyclic) bond motifs is 2. The fourth-order valence-electron chi connectivity index (χ4n) is 13.5. The second kappa shape index (κ2) is 34.2. The SMILES string of the molecule is CCC(C)C(C(CC(=O)N1CCCC1C(OC)C(C)C(=O)CC(Cc1cccc(CC(=O)C(CCCNC(N)=O)NC(=O)C(CC(=O)CCOCCN2C(=O)C=CC2=O)C(C)C)c1)c1nccs1)OC)N(C)C(=O)C(CC(=O)C1NC2CCC1C2)C(C)C. The monoisotopic (exact) mass is 1240 g/mol. The lowest BCUT2D eigenvalue weighted by Crippen LogP contribution is -2.54. The minimum absolute atomic E-state index is 0.00581. The van der Waals surface area contributed by atoms with Gasteiger partial charge in [-0.1, -0.05) is 79.2 Å². The van der Waals surface area contributed by atoms with Gasteiger partial charge in [-0.25, -0.2) is 9.78 Å². The number of nitrogens with zero attached hydrogens (tertiary/aromatic N) is 4. The lowest BCUT2D eigenvalue weighted by Gasteiger charge is -2.41. The number of thiazole rings is 1. The molecule has 22 heteroatoms. The number of carbonyl (C=O) groups excluding carboxylic acids is 10. The van der Waals surface area contributed by atoms with Gasteiger partial charge in [0.25, 0.3) is 11.8 Å². The molecule has 88 heavy (non-hydrogen) atoms. The van der Waals surface area contributed by atoms with E-state index in [1.807, 2.05) is 69.2 Å². The van der Waals surface area contributed by atoms with E-state index < -0.39 is 71.8 Å². The number of imide groups is 1. The van der Waals surface area contributed by atoms with Crippen LogP contribution < -0.4 is 21.7 Å². The number of aromatic nitrogens is 1. The molecule has 2 bridgehead atoms. The summed E-state index contributed by atoms with van der Waals surface area (Å²) in [7, 11) is 4.93. The summed E-state index contributed by atoms with van der Waals surface area (Å²) in [5.74, 6) is -4.32. The molecule has 2 saturated heterocycles. The van der Waals surface area contributed by atoms with Gasteiger partial charge < -0.3 is 45.7 Å². The molecule has 6 rings (SSSR count). The zero-order valence-corrected chi connectivity index (χ0v) is 54.3. The maximum absolute atomic E-state index is 14.7. The molecule has 5 N–H and O–H groups in total. The van der Waals surface area contributed by atoms with Crippen LogP contribution >= 0.6 is 11.3 Å². The van der Waals surface area contributed by atoms with Crippen LogP contribution in [0, 0.1) is 41.4 Å². The number of primary amides is 1. The van der Waals surface area contributed by atoms with E-state index in [-0.39, 0.29) is 136 Å². The summed E-state index contributed by atoms with van der Waals surface area (Å²) in [4.78, 5) is 143. The molecule has 3 fully saturated rings. The van der Waals surface area contributed by atoms with Gasteiger partial charge in [0.05, 0.1) is 67.6 Å². The summed E-state index contributed by atoms with van der Waals surface area (Å²) < 4.78 is 17.9. The van der Waals surface area contributed by atoms with Gasteiger partial charge in [-0.15, -0.1) is 11.3 Å². The number of likely N-dealkylation sites (tertiary alicyclic amines) is 1. The first kappa shape index (κ1) is 71.0. The number of likely N-dealkylation sites (N-methyl/N-ethyl adjacent to an activating group) is 1. The normalized spacial score (nSPS) is 21.2. The number of hydrogen-bond donors (Lipinski definition) is 4. The van der Waals surface area contributed by atoms with Gasteiger partial charge in [-0.05, 0) is 86.2 Å². The maximum Gasteiger partial charge on any atom is 0.312 e. The van der Waals surface area contributed by atoms with Gasteiger partial charge in [0.1, 0.15) is 11.6 Å². The fraction of sp³-hybridized carbons (Fsp3) is 0.682. The molecule has 13 unspecified atom stereocenters. The van der Waals surface area contributed by atoms with Crippen LogP contribution in [0.3, 0.4) is 0 Å². The topological polar surface area (TPSA) is 283 Å². The first-order valence-corrected chi connectivity index (χ1v) is 32.7. The van der Waals surface area contributed by atoms with Gasteiger partial charge >= 0.3 is 6.03 Å². The number of carbonyl (C=O) groups is 10. The highest BCUT2D eigenvalue weighted by atomic mass is 32.1. The highest BCUT2D eigenvalue weighted by Gasteiger charge is 2.46. The molecular weight excluding hydrogens is 1140 g/mol. The number of benzene rings is 1. The van der Waals surface area contributed by atoms with Crippen molar-refractivity contribution in [1.29, 1.82) is 0 Å². The Kier molecular flexibility index (Phi) is 27.6. The number of methoxy groups -OCH3 is 2. The van der Waals surface area contributed by atoms with Crippen molar-refractivity contribution in [3.05, 3.63) is 64.1 Å². The highest BCUT2D eigenvalue weighted by molar-refractivity contribution is 7.09. The van der Waals surface area contributed by atoms with E-state index in [0.717, 1.165) is 47.6 Å². The quantitative estimate of drug-likeness (QED) is 0.0420. The number of nitrogens with one attached hydrogen (secondary N) is 3. The van der Waals surface area contributed by atoms with E-state index in [9.17, 15) is 47.9 Å². The van der Waals surface area contributed by atoms with Crippen molar-refractivity contribution in [3.8, 4) is 0 Å². The van der Waals surface area contributed by atoms with Crippen molar-refractivity contribution in [3.63, 3.8) is 0 Å². The van der Waals surface area contributed by atoms with Crippen LogP contribution in [-0.4, -0.2) is 175 Å². The second-order valence-electron chi connectivity index (χ2n) is 25.5. The van der Waals surface area contributed by atoms with E-state index in [2.05, 4.69) is 34.8 Å². The molecule has 13 atom stereocenters. The molecule has 1 aromatic heterocycles. The number of piperidine rings is 1. The van der Waals surface area contributed by atoms with Gasteiger partial charge in [-0.2, -0.15) is 0 Å². The Hall–Kier alpha value is -6.07. The fourth-order valence-corrected chi connectivity index (χ4v) is 14.3. The van der Waals surface area contributed by atoms with Crippen LogP contribution in [0.2, 0.25) is 0 Å². The average Bonchev–Trinajstić information content (AvgIpc) is 1.94. The summed E-state index contributed by atoms with van der Waals surface area (Å²) in [5, 5.41) is 11.6. The van der Waals surface area contributed by atoms with Gasteiger partial charge in [0, 0.05) is 120 Å². The van der Waals surface area contributed by atoms with Crippen molar-refractivity contribution < 1.29 is 62.2 Å². The zero-order chi connectivity index (χ0) is 64.4. The Balaban J connectivity index is 1.08. The molecule has 1 saturated carbocycles. The first-order valence-electron chi connectivity index (χ1n) is 31.9. The zero-order valence-electron chi connectivity index (χ0n) is 53.5. The number of amides is 7. The third-order valence-corrected chi connectivity index (χ3v) is 19.8. The van der Waals surface area contributed by atoms with Crippen molar-refractivity contribution in [2.75, 3.05) is 54.1 Å². The molecule has 7 amide bonds. The number of ketones is 4. The first-order chi connectivity index (χ1) is 42.0. The Bertz CT molecular complexity index is 2740. The van der Waals surface area contributed by atoms with E-state index >= 15 is 0 Å². The number of urea groups is 1. The number of rotatable bonds is 39. The van der Waals surface area contributed by atoms with Gasteiger partial charge in [-0.3, -0.25) is 48.1 Å². The summed E-state index contributed by atoms with van der Waals surface area (Å²) in [6.07, 6.45) is 9.12. The van der Waals surface area contributed by atoms with E-state index in [1.165, 1.54) is 23.5 Å². The molecule has 1 aliphatic carbocycles. The maximum atomic E-state index is 14.7. The van der Waals surface area contributed by atoms with Crippen molar-refractivity contribution in [2.24, 2.45) is 47.2 Å². The minimum Gasteiger partial charge on any atom is -0.379 e. The van der Waals surface area contributed by atoms with E-state index in [0.29, 0.717) is 43.3 Å². The number of ether oxygens (including phenoxy) is 3. The molecule has 3 aliphatic heterocycles. The summed E-state index contributed by atoms with van der Waals surface area (Å²) in [6.45, 7) is 14.4. The highest BCUT2D eigenvalue weighted by Crippen LogP contribution is 2.38. The Labute approximate surface area is 524 Å². The van der Waals surface area contributed by atoms with Crippen LogP contribution in [0.25, 0.3) is 0 Å². The third-order valence-electron chi connectivity index (χ3n) is 18.9. The number of nitrogens with two attached hydrogens (primary N) is 1. The standard InChI is InChI=1S/C66H98N8O13S/c1-11-41(6)61(72(8)65(83)50(40(4)5)37-55(78)60-45-19-20-47(34-45)70-60)56(85-9)38-59(81)73-26-14-18-52(73)62(86-10)42(7)53(76)35-46(64-68-25-30-88-64)32-43-15-12-16-44(31-43)33-54(77)51(17-13-24-69-66(67)84)71-63(82)49(39(2)3)36-48(75)23-28-87-29-27-74-57(79)21-22-58(74)80/h12,15-16,21-22,25,30-31,39-42,45-47,49-52,56,60-62,70H,11,13-14,17-20,23-24,26-29,32-38H2,1-10H3,(H,71,82)(H3,67,69,84). The molecule has 2 aromatic rings. The Morgan fingerprint density at radius 1 is 0.875 bits per heavy atom. The second-order valence-corrected chi connectivity index (χ2v) is 26.5. The predicted molar refractivity (Wildman–Crippen MR) is 333 cm³/mol. The van der Waals surface area contributed by atoms with Crippen LogP contribution in [-0.2, 0) is 70.2 Å². The van der Waals surface area contributed by atoms with Crippen LogP contribution in [0.1, 0.15) is 154 Å². The molecule has 4 heterocycles. The lowest BCUT2D eigenvalue weighted by atomic mass is 9.83. The van der Waals surface area contributed by atoms with Gasteiger partial charge in [0.15, 0.2) is 11.6 Å². The number of hydrogen-bond acceptors (Lipinski definition) is 16. The Morgan fingerprint density at radius 2 is 1.59 bits per heavy atom. The lowest BCUT2D eigenvalue weighted by molar-refractivity contribution is -0.149. The largest absolute Gasteiger partial charge is 0.379 e. The molecule has 1 aromatic carbocycles. The molecule has 486 valence electrons. The molecule has 0 spiro atoms. The molecule has 0 radical (unpaired) electrons.